The summed E-state index contributed by atoms with van der Waals surface area (Å²) in [6.45, 7) is 11.2. The molecule has 1 heterocycles. The highest BCUT2D eigenvalue weighted by molar-refractivity contribution is 6.18. The quantitative estimate of drug-likeness (QED) is 0.0827. The molecule has 41 heavy (non-hydrogen) atoms. The molecule has 10 heteroatoms. The molecule has 3 rings (SSSR count). The summed E-state index contributed by atoms with van der Waals surface area (Å²) in [5.74, 6) is 1.83. The Balaban J connectivity index is 0.000000745. The molecule has 0 aliphatic heterocycles. The molecular weight excluding hydrogens is 563 g/mol. The molecule has 1 N–H and O–H groups in total. The summed E-state index contributed by atoms with van der Waals surface area (Å²) in [6.07, 6.45) is 4.04. The lowest BCUT2D eigenvalue weighted by Gasteiger charge is -2.22. The molecule has 0 aliphatic rings. The lowest BCUT2D eigenvalue weighted by atomic mass is 10.1. The number of fused-ring (bicyclic) bond motifs is 1. The van der Waals surface area contributed by atoms with E-state index in [-0.39, 0.29) is 11.6 Å². The van der Waals surface area contributed by atoms with Crippen LogP contribution in [0.4, 0.5) is 5.69 Å². The van der Waals surface area contributed by atoms with E-state index in [9.17, 15) is 9.59 Å². The molecule has 224 valence electrons. The second kappa shape index (κ2) is 17.7. The number of aryl methyl sites for hydroxylation is 1. The van der Waals surface area contributed by atoms with E-state index in [2.05, 4.69) is 56.9 Å². The van der Waals surface area contributed by atoms with Gasteiger partial charge in [-0.25, -0.2) is 9.78 Å². The van der Waals surface area contributed by atoms with Crippen LogP contribution in [0.3, 0.4) is 0 Å². The van der Waals surface area contributed by atoms with Crippen molar-refractivity contribution in [2.45, 2.75) is 46.3 Å². The summed E-state index contributed by atoms with van der Waals surface area (Å²) in [7, 11) is 2.06. The number of halogens is 2. The number of ether oxygens (including phenoxy) is 2. The molecule has 0 unspecified atom stereocenters. The Morgan fingerprint density at radius 3 is 2.34 bits per heavy atom. The Hall–Kier alpha value is -3.07. The number of nitrogens with one attached hydrogen (secondary N) is 1. The molecule has 0 aliphatic carbocycles. The van der Waals surface area contributed by atoms with Crippen LogP contribution in [0.25, 0.3) is 17.1 Å². The lowest BCUT2D eigenvalue weighted by molar-refractivity contribution is -0.139. The van der Waals surface area contributed by atoms with Crippen molar-refractivity contribution in [3.8, 4) is 0 Å². The van der Waals surface area contributed by atoms with Gasteiger partial charge in [0.25, 0.3) is 6.47 Å². The number of carbonyl (C=O) groups is 2. The highest BCUT2D eigenvalue weighted by Crippen LogP contribution is 2.23. The van der Waals surface area contributed by atoms with E-state index in [1.54, 1.807) is 13.0 Å². The monoisotopic (exact) mass is 604 g/mol. The molecule has 0 bridgehead atoms. The highest BCUT2D eigenvalue weighted by atomic mass is 35.5. The molecule has 2 aromatic carbocycles. The number of esters is 1. The highest BCUT2D eigenvalue weighted by Gasteiger charge is 2.11. The fraction of sp³-hybridized carbons (Fsp3) is 0.452. The van der Waals surface area contributed by atoms with Crippen molar-refractivity contribution in [1.82, 2.24) is 14.9 Å². The predicted molar refractivity (Wildman–Crippen MR) is 169 cm³/mol. The predicted octanol–water partition coefficient (Wildman–Crippen LogP) is 5.72. The molecule has 0 amide bonds. The molecule has 0 fully saturated rings. The zero-order chi connectivity index (χ0) is 30.3. The molecule has 0 spiro atoms. The Morgan fingerprint density at radius 2 is 1.78 bits per heavy atom. The first-order valence-electron chi connectivity index (χ1n) is 13.7. The van der Waals surface area contributed by atoms with Crippen molar-refractivity contribution in [2.24, 2.45) is 7.05 Å². The molecule has 0 saturated heterocycles. The van der Waals surface area contributed by atoms with Gasteiger partial charge in [-0.15, -0.1) is 23.2 Å². The average molecular weight is 606 g/mol. The summed E-state index contributed by atoms with van der Waals surface area (Å²) >= 11 is 11.9. The van der Waals surface area contributed by atoms with Crippen LogP contribution in [0.15, 0.2) is 48.5 Å². The standard InChI is InChI=1S/C26H32Cl2N4O2.C5H10O2/c1-3-34-26(33)11-8-20-4-6-21(7-5-20)19-29-15-12-25-30-23-18-22(9-10-24(23)31(25)2)32(16-13-27)17-14-28;1-5(2,3)7-4-6/h4-11,18,29H,3,12-17,19H2,1-2H3;4H,1-3H3/b11-8+;. The third-order valence-electron chi connectivity index (χ3n) is 5.97. The fourth-order valence-corrected chi connectivity index (χ4v) is 4.32. The number of anilines is 1. The van der Waals surface area contributed by atoms with Gasteiger partial charge in [0.05, 0.1) is 17.6 Å². The molecule has 1 aromatic heterocycles. The van der Waals surface area contributed by atoms with Gasteiger partial charge in [-0.2, -0.15) is 0 Å². The minimum absolute atomic E-state index is 0.318. The SMILES string of the molecule is CC(C)(C)OC=O.CCOC(=O)/C=C/c1ccc(CNCCc2nc3cc(N(CCCl)CCCl)ccc3n2C)cc1. The van der Waals surface area contributed by atoms with Crippen LogP contribution in [-0.2, 0) is 39.1 Å². The van der Waals surface area contributed by atoms with Crippen molar-refractivity contribution in [3.63, 3.8) is 0 Å². The van der Waals surface area contributed by atoms with Crippen LogP contribution >= 0.6 is 23.2 Å². The molecular formula is C31H42Cl2N4O4. The van der Waals surface area contributed by atoms with E-state index < -0.39 is 0 Å². The van der Waals surface area contributed by atoms with Gasteiger partial charge in [-0.05, 0) is 63.1 Å². The van der Waals surface area contributed by atoms with Crippen LogP contribution in [0.1, 0.15) is 44.6 Å². The first-order chi connectivity index (χ1) is 19.6. The number of rotatable bonds is 14. The van der Waals surface area contributed by atoms with Crippen molar-refractivity contribution in [1.29, 1.82) is 0 Å². The Kier molecular flexibility index (Phi) is 14.7. The number of benzene rings is 2. The van der Waals surface area contributed by atoms with E-state index >= 15 is 0 Å². The minimum atomic E-state index is -0.325. The van der Waals surface area contributed by atoms with Gasteiger partial charge in [0, 0.05) is 63.2 Å². The van der Waals surface area contributed by atoms with Crippen LogP contribution < -0.4 is 10.2 Å². The van der Waals surface area contributed by atoms with Crippen LogP contribution in [-0.4, -0.2) is 65.6 Å². The van der Waals surface area contributed by atoms with Crippen molar-refractivity contribution in [2.75, 3.05) is 42.9 Å². The van der Waals surface area contributed by atoms with E-state index in [0.717, 1.165) is 60.7 Å². The average Bonchev–Trinajstić information content (AvgIpc) is 3.24. The van der Waals surface area contributed by atoms with Gasteiger partial charge < -0.3 is 24.3 Å². The number of aromatic nitrogens is 2. The van der Waals surface area contributed by atoms with Gasteiger partial charge >= 0.3 is 5.97 Å². The maximum atomic E-state index is 11.4. The summed E-state index contributed by atoms with van der Waals surface area (Å²) in [5, 5.41) is 3.49. The lowest BCUT2D eigenvalue weighted by Crippen LogP contribution is -2.27. The zero-order valence-corrected chi connectivity index (χ0v) is 26.2. The van der Waals surface area contributed by atoms with Gasteiger partial charge in [-0.1, -0.05) is 24.3 Å². The zero-order valence-electron chi connectivity index (χ0n) is 24.7. The van der Waals surface area contributed by atoms with E-state index in [0.29, 0.717) is 24.8 Å². The maximum absolute atomic E-state index is 11.4. The topological polar surface area (TPSA) is 85.7 Å². The smallest absolute Gasteiger partial charge is 0.330 e. The Morgan fingerprint density at radius 1 is 1.10 bits per heavy atom. The summed E-state index contributed by atoms with van der Waals surface area (Å²) in [5.41, 5.74) is 5.02. The molecule has 0 atom stereocenters. The molecule has 8 nitrogen and oxygen atoms in total. The van der Waals surface area contributed by atoms with Crippen molar-refractivity contribution < 1.29 is 19.1 Å². The molecule has 3 aromatic rings. The summed E-state index contributed by atoms with van der Waals surface area (Å²) in [6, 6.07) is 14.4. The summed E-state index contributed by atoms with van der Waals surface area (Å²) < 4.78 is 11.6. The van der Waals surface area contributed by atoms with Gasteiger partial charge in [0.15, 0.2) is 0 Å². The van der Waals surface area contributed by atoms with E-state index in [1.807, 2.05) is 32.9 Å². The minimum Gasteiger partial charge on any atom is -0.463 e. The van der Waals surface area contributed by atoms with Crippen molar-refractivity contribution in [3.05, 3.63) is 65.5 Å². The Labute approximate surface area is 253 Å². The Bertz CT molecular complexity index is 1250. The van der Waals surface area contributed by atoms with Crippen LogP contribution in [0.5, 0.6) is 0 Å². The fourth-order valence-electron chi connectivity index (χ4n) is 3.91. The summed E-state index contributed by atoms with van der Waals surface area (Å²) in [4.78, 5) is 28.1. The molecule has 0 radical (unpaired) electrons. The van der Waals surface area contributed by atoms with Gasteiger partial charge in [-0.3, -0.25) is 4.79 Å². The number of carbonyl (C=O) groups excluding carboxylic acids is 2. The number of hydrogen-bond acceptors (Lipinski definition) is 7. The maximum Gasteiger partial charge on any atom is 0.330 e. The van der Waals surface area contributed by atoms with Gasteiger partial charge in [0.2, 0.25) is 0 Å². The number of nitrogens with zero attached hydrogens (tertiary/aromatic N) is 3. The second-order valence-electron chi connectivity index (χ2n) is 10.2. The third-order valence-corrected chi connectivity index (χ3v) is 6.30. The van der Waals surface area contributed by atoms with Gasteiger partial charge in [0.1, 0.15) is 11.4 Å². The van der Waals surface area contributed by atoms with E-state index in [1.165, 1.54) is 11.6 Å². The first-order valence-corrected chi connectivity index (χ1v) is 14.8. The first kappa shape index (κ1) is 34.1. The third kappa shape index (κ3) is 12.1. The number of alkyl halides is 2. The van der Waals surface area contributed by atoms with Crippen molar-refractivity contribution >= 4 is 58.4 Å². The van der Waals surface area contributed by atoms with Crippen LogP contribution in [0.2, 0.25) is 0 Å². The molecule has 0 saturated carbocycles. The normalized spacial score (nSPS) is 11.3. The number of hydrogen-bond donors (Lipinski definition) is 1. The van der Waals surface area contributed by atoms with Crippen LogP contribution in [0, 0.1) is 0 Å². The largest absolute Gasteiger partial charge is 0.463 e. The number of imidazole rings is 1. The second-order valence-corrected chi connectivity index (χ2v) is 11.0. The van der Waals surface area contributed by atoms with E-state index in [4.69, 9.17) is 32.9 Å².